The second kappa shape index (κ2) is 7.69. The molecule has 27 heavy (non-hydrogen) atoms. The summed E-state index contributed by atoms with van der Waals surface area (Å²) >= 11 is 6.25. The first-order valence-electron chi connectivity index (χ1n) is 8.93. The minimum Gasteiger partial charge on any atom is -0.355 e. The summed E-state index contributed by atoms with van der Waals surface area (Å²) in [4.78, 5) is 25.3. The Morgan fingerprint density at radius 1 is 1.11 bits per heavy atom. The Kier molecular flexibility index (Phi) is 5.51. The fourth-order valence-electron chi connectivity index (χ4n) is 3.13. The Labute approximate surface area is 163 Å². The van der Waals surface area contributed by atoms with E-state index in [0.717, 1.165) is 16.7 Å². The lowest BCUT2D eigenvalue weighted by Crippen LogP contribution is -2.40. The first kappa shape index (κ1) is 19.4. The molecule has 0 unspecified atom stereocenters. The summed E-state index contributed by atoms with van der Waals surface area (Å²) in [5.41, 5.74) is 2.32. The maximum atomic E-state index is 12.9. The van der Waals surface area contributed by atoms with Gasteiger partial charge in [-0.05, 0) is 68.0 Å². The lowest BCUT2D eigenvalue weighted by atomic mass is 10.0. The monoisotopic (exact) mass is 388 g/mol. The average molecular weight is 389 g/mol. The van der Waals surface area contributed by atoms with Gasteiger partial charge < -0.3 is 10.6 Å². The number of aryl methyl sites for hydroxylation is 2. The standard InChI is InChI=1S/C21H22ClFN2O2/c1-13-11-14(2)18(17(22)12-13)25-20(27)21(8-9-21)19(26)24-10-7-15-3-5-16(23)6-4-15/h3-6,11-12H,7-10H2,1-2H3,(H,24,26)(H,25,27). The highest BCUT2D eigenvalue weighted by atomic mass is 35.5. The second-order valence-corrected chi connectivity index (χ2v) is 7.51. The molecule has 2 aromatic rings. The number of halogens is 2. The van der Waals surface area contributed by atoms with Crippen LogP contribution in [-0.2, 0) is 16.0 Å². The minimum atomic E-state index is -1.02. The molecular weight excluding hydrogens is 367 g/mol. The van der Waals surface area contributed by atoms with Crippen molar-refractivity contribution >= 4 is 29.1 Å². The number of rotatable bonds is 6. The Balaban J connectivity index is 1.60. The smallest absolute Gasteiger partial charge is 0.240 e. The van der Waals surface area contributed by atoms with Gasteiger partial charge in [0.1, 0.15) is 11.2 Å². The third-order valence-electron chi connectivity index (χ3n) is 4.90. The van der Waals surface area contributed by atoms with Crippen molar-refractivity contribution in [2.45, 2.75) is 33.1 Å². The summed E-state index contributed by atoms with van der Waals surface area (Å²) in [7, 11) is 0. The Hall–Kier alpha value is -2.40. The van der Waals surface area contributed by atoms with E-state index in [1.807, 2.05) is 19.9 Å². The molecule has 0 aromatic heterocycles. The average Bonchev–Trinajstić information content (AvgIpc) is 3.41. The molecule has 1 aliphatic carbocycles. The van der Waals surface area contributed by atoms with E-state index in [2.05, 4.69) is 10.6 Å². The minimum absolute atomic E-state index is 0.275. The molecule has 0 saturated heterocycles. The van der Waals surface area contributed by atoms with Gasteiger partial charge in [0.05, 0.1) is 10.7 Å². The number of benzene rings is 2. The molecule has 3 rings (SSSR count). The lowest BCUT2D eigenvalue weighted by Gasteiger charge is -2.17. The molecule has 1 fully saturated rings. The van der Waals surface area contributed by atoms with Gasteiger partial charge in [-0.25, -0.2) is 4.39 Å². The highest BCUT2D eigenvalue weighted by Crippen LogP contribution is 2.47. The van der Waals surface area contributed by atoms with E-state index in [1.54, 1.807) is 18.2 Å². The van der Waals surface area contributed by atoms with Gasteiger partial charge >= 0.3 is 0 Å². The largest absolute Gasteiger partial charge is 0.355 e. The molecule has 1 saturated carbocycles. The van der Waals surface area contributed by atoms with E-state index in [9.17, 15) is 14.0 Å². The number of carbonyl (C=O) groups excluding carboxylic acids is 2. The van der Waals surface area contributed by atoms with Gasteiger partial charge in [-0.15, -0.1) is 0 Å². The van der Waals surface area contributed by atoms with Crippen molar-refractivity contribution in [3.05, 3.63) is 63.9 Å². The molecule has 142 valence electrons. The first-order chi connectivity index (χ1) is 12.8. The van der Waals surface area contributed by atoms with Crippen LogP contribution in [0.4, 0.5) is 10.1 Å². The Morgan fingerprint density at radius 3 is 2.37 bits per heavy atom. The fourth-order valence-corrected chi connectivity index (χ4v) is 3.50. The molecule has 2 amide bonds. The van der Waals surface area contributed by atoms with Gasteiger partial charge in [0.2, 0.25) is 11.8 Å². The number of amides is 2. The van der Waals surface area contributed by atoms with Crippen LogP contribution in [0.2, 0.25) is 5.02 Å². The molecule has 0 heterocycles. The maximum absolute atomic E-state index is 12.9. The predicted molar refractivity (Wildman–Crippen MR) is 104 cm³/mol. The van der Waals surface area contributed by atoms with E-state index < -0.39 is 5.41 Å². The van der Waals surface area contributed by atoms with Crippen LogP contribution in [-0.4, -0.2) is 18.4 Å². The third kappa shape index (κ3) is 4.30. The lowest BCUT2D eigenvalue weighted by molar-refractivity contribution is -0.134. The van der Waals surface area contributed by atoms with Gasteiger partial charge in [-0.1, -0.05) is 29.8 Å². The highest BCUT2D eigenvalue weighted by molar-refractivity contribution is 6.34. The van der Waals surface area contributed by atoms with Crippen molar-refractivity contribution in [2.24, 2.45) is 5.41 Å². The molecule has 0 atom stereocenters. The van der Waals surface area contributed by atoms with Crippen LogP contribution >= 0.6 is 11.6 Å². The van der Waals surface area contributed by atoms with Crippen LogP contribution in [0.5, 0.6) is 0 Å². The van der Waals surface area contributed by atoms with Crippen molar-refractivity contribution in [1.82, 2.24) is 5.32 Å². The summed E-state index contributed by atoms with van der Waals surface area (Å²) in [6, 6.07) is 9.87. The molecule has 4 nitrogen and oxygen atoms in total. The van der Waals surface area contributed by atoms with Gasteiger partial charge in [0.25, 0.3) is 0 Å². The van der Waals surface area contributed by atoms with E-state index in [-0.39, 0.29) is 17.6 Å². The number of nitrogens with one attached hydrogen (secondary N) is 2. The molecule has 0 radical (unpaired) electrons. The van der Waals surface area contributed by atoms with E-state index in [0.29, 0.717) is 36.5 Å². The number of carbonyl (C=O) groups is 2. The van der Waals surface area contributed by atoms with E-state index in [1.165, 1.54) is 12.1 Å². The van der Waals surface area contributed by atoms with E-state index in [4.69, 9.17) is 11.6 Å². The van der Waals surface area contributed by atoms with E-state index >= 15 is 0 Å². The van der Waals surface area contributed by atoms with Crippen molar-refractivity contribution in [2.75, 3.05) is 11.9 Å². The van der Waals surface area contributed by atoms with Crippen molar-refractivity contribution in [3.63, 3.8) is 0 Å². The van der Waals surface area contributed by atoms with Crippen LogP contribution in [0, 0.1) is 25.1 Å². The van der Waals surface area contributed by atoms with Gasteiger partial charge in [-0.2, -0.15) is 0 Å². The summed E-state index contributed by atoms with van der Waals surface area (Å²) < 4.78 is 12.9. The third-order valence-corrected chi connectivity index (χ3v) is 5.20. The van der Waals surface area contributed by atoms with Crippen LogP contribution in [0.15, 0.2) is 36.4 Å². The Bertz CT molecular complexity index is 853. The Morgan fingerprint density at radius 2 is 1.78 bits per heavy atom. The van der Waals surface area contributed by atoms with Crippen LogP contribution in [0.25, 0.3) is 0 Å². The highest BCUT2D eigenvalue weighted by Gasteiger charge is 2.56. The maximum Gasteiger partial charge on any atom is 0.240 e. The summed E-state index contributed by atoms with van der Waals surface area (Å²) in [5.74, 6) is -0.889. The molecule has 0 spiro atoms. The molecule has 0 aliphatic heterocycles. The summed E-state index contributed by atoms with van der Waals surface area (Å²) in [5, 5.41) is 6.12. The topological polar surface area (TPSA) is 58.2 Å². The SMILES string of the molecule is Cc1cc(C)c(NC(=O)C2(C(=O)NCCc3ccc(F)cc3)CC2)c(Cl)c1. The summed E-state index contributed by atoms with van der Waals surface area (Å²) in [6.07, 6.45) is 1.61. The van der Waals surface area contributed by atoms with Crippen LogP contribution in [0.1, 0.15) is 29.5 Å². The first-order valence-corrected chi connectivity index (χ1v) is 9.30. The van der Waals surface area contributed by atoms with Crippen LogP contribution in [0.3, 0.4) is 0 Å². The van der Waals surface area contributed by atoms with Gasteiger partial charge in [0.15, 0.2) is 0 Å². The molecule has 6 heteroatoms. The molecule has 2 N–H and O–H groups in total. The predicted octanol–water partition coefficient (Wildman–Crippen LogP) is 4.17. The molecule has 1 aliphatic rings. The quantitative estimate of drug-likeness (QED) is 0.729. The molecule has 0 bridgehead atoms. The van der Waals surface area contributed by atoms with Gasteiger partial charge in [-0.3, -0.25) is 9.59 Å². The number of hydrogen-bond donors (Lipinski definition) is 2. The van der Waals surface area contributed by atoms with Crippen LogP contribution < -0.4 is 10.6 Å². The second-order valence-electron chi connectivity index (χ2n) is 7.11. The van der Waals surface area contributed by atoms with Crippen molar-refractivity contribution in [3.8, 4) is 0 Å². The zero-order valence-corrected chi connectivity index (χ0v) is 16.1. The van der Waals surface area contributed by atoms with Crippen molar-refractivity contribution < 1.29 is 14.0 Å². The summed E-state index contributed by atoms with van der Waals surface area (Å²) in [6.45, 7) is 4.20. The fraction of sp³-hybridized carbons (Fsp3) is 0.333. The zero-order valence-electron chi connectivity index (χ0n) is 15.4. The number of hydrogen-bond acceptors (Lipinski definition) is 2. The normalized spacial score (nSPS) is 14.5. The molecular formula is C21H22ClFN2O2. The zero-order chi connectivity index (χ0) is 19.6. The number of anilines is 1. The van der Waals surface area contributed by atoms with Crippen molar-refractivity contribution in [1.29, 1.82) is 0 Å². The van der Waals surface area contributed by atoms with Gasteiger partial charge in [0, 0.05) is 6.54 Å². The molecule has 2 aromatic carbocycles.